The lowest BCUT2D eigenvalue weighted by Gasteiger charge is -2.19. The Morgan fingerprint density at radius 2 is 2.10 bits per heavy atom. The maximum atomic E-state index is 12.0. The second-order valence-electron chi connectivity index (χ2n) is 5.36. The fraction of sp³-hybridized carbons (Fsp3) is 0.562. The van der Waals surface area contributed by atoms with E-state index in [1.54, 1.807) is 11.8 Å². The molecule has 4 nitrogen and oxygen atoms in total. The number of hydrogen-bond acceptors (Lipinski definition) is 4. The zero-order valence-corrected chi connectivity index (χ0v) is 14.1. The van der Waals surface area contributed by atoms with E-state index in [9.17, 15) is 4.79 Å². The summed E-state index contributed by atoms with van der Waals surface area (Å²) in [5, 5.41) is 2.96. The van der Waals surface area contributed by atoms with Crippen molar-refractivity contribution < 1.29 is 9.53 Å². The van der Waals surface area contributed by atoms with E-state index >= 15 is 0 Å². The van der Waals surface area contributed by atoms with Crippen LogP contribution < -0.4 is 15.8 Å². The van der Waals surface area contributed by atoms with Crippen molar-refractivity contribution in [2.75, 3.05) is 12.0 Å². The quantitative estimate of drug-likeness (QED) is 0.775. The van der Waals surface area contributed by atoms with Crippen LogP contribution in [0.2, 0.25) is 0 Å². The number of nitrogens with one attached hydrogen (secondary N) is 1. The molecule has 1 rings (SSSR count). The monoisotopic (exact) mass is 310 g/mol. The molecule has 0 aromatic heterocycles. The van der Waals surface area contributed by atoms with Crippen molar-refractivity contribution in [2.24, 2.45) is 5.73 Å². The van der Waals surface area contributed by atoms with Gasteiger partial charge in [-0.05, 0) is 56.9 Å². The van der Waals surface area contributed by atoms with Crippen LogP contribution in [0.15, 0.2) is 24.3 Å². The van der Waals surface area contributed by atoms with Gasteiger partial charge in [-0.2, -0.15) is 11.8 Å². The highest BCUT2D eigenvalue weighted by atomic mass is 32.2. The topological polar surface area (TPSA) is 64.4 Å². The number of amides is 1. The van der Waals surface area contributed by atoms with Crippen molar-refractivity contribution in [3.8, 4) is 5.75 Å². The number of nitrogens with two attached hydrogens (primary N) is 1. The summed E-state index contributed by atoms with van der Waals surface area (Å²) in [5.41, 5.74) is 6.89. The highest BCUT2D eigenvalue weighted by molar-refractivity contribution is 7.98. The summed E-state index contributed by atoms with van der Waals surface area (Å²) in [6.45, 7) is 5.93. The highest BCUT2D eigenvalue weighted by Crippen LogP contribution is 2.20. The van der Waals surface area contributed by atoms with Gasteiger partial charge in [0, 0.05) is 0 Å². The number of benzene rings is 1. The minimum atomic E-state index is -0.449. The minimum Gasteiger partial charge on any atom is -0.491 e. The van der Waals surface area contributed by atoms with Gasteiger partial charge in [0.2, 0.25) is 5.91 Å². The maximum Gasteiger partial charge on any atom is 0.237 e. The third-order valence-electron chi connectivity index (χ3n) is 3.06. The Morgan fingerprint density at radius 1 is 1.38 bits per heavy atom. The zero-order valence-electron chi connectivity index (χ0n) is 13.3. The molecule has 3 N–H and O–H groups in total. The lowest BCUT2D eigenvalue weighted by Crippen LogP contribution is -2.41. The fourth-order valence-electron chi connectivity index (χ4n) is 1.91. The van der Waals surface area contributed by atoms with Crippen LogP contribution in [-0.2, 0) is 4.79 Å². The Morgan fingerprint density at radius 3 is 2.71 bits per heavy atom. The molecule has 2 atom stereocenters. The predicted octanol–water partition coefficient (Wildman–Crippen LogP) is 2.73. The Balaban J connectivity index is 2.62. The van der Waals surface area contributed by atoms with E-state index in [2.05, 4.69) is 5.32 Å². The van der Waals surface area contributed by atoms with Crippen molar-refractivity contribution in [3.63, 3.8) is 0 Å². The normalized spacial score (nSPS) is 13.8. The van der Waals surface area contributed by atoms with E-state index in [4.69, 9.17) is 10.5 Å². The van der Waals surface area contributed by atoms with E-state index < -0.39 is 6.04 Å². The predicted molar refractivity (Wildman–Crippen MR) is 89.7 cm³/mol. The van der Waals surface area contributed by atoms with Crippen molar-refractivity contribution >= 4 is 17.7 Å². The lowest BCUT2D eigenvalue weighted by molar-refractivity contribution is -0.123. The molecule has 0 fully saturated rings. The summed E-state index contributed by atoms with van der Waals surface area (Å²) >= 11 is 1.69. The second kappa shape index (κ2) is 8.95. The first-order valence-electron chi connectivity index (χ1n) is 7.25. The third kappa shape index (κ3) is 6.40. The van der Waals surface area contributed by atoms with E-state index in [1.165, 1.54) is 0 Å². The number of thioether (sulfide) groups is 1. The molecule has 1 aromatic rings. The van der Waals surface area contributed by atoms with Crippen LogP contribution in [0.1, 0.15) is 38.8 Å². The van der Waals surface area contributed by atoms with Gasteiger partial charge in [0.1, 0.15) is 5.75 Å². The molecule has 0 heterocycles. The number of carbonyl (C=O) groups excluding carboxylic acids is 1. The standard InChI is InChI=1S/C16H26N2O2S/c1-11(2)20-14-7-5-6-13(10-14)12(3)18-16(19)15(17)8-9-21-4/h5-7,10-12,15H,8-9,17H2,1-4H3,(H,18,19)/t12?,15-/m0/s1. The van der Waals surface area contributed by atoms with Gasteiger partial charge >= 0.3 is 0 Å². The largest absolute Gasteiger partial charge is 0.491 e. The number of rotatable bonds is 8. The van der Waals surface area contributed by atoms with Crippen LogP contribution in [0, 0.1) is 0 Å². The number of ether oxygens (including phenoxy) is 1. The number of hydrogen-bond donors (Lipinski definition) is 2. The molecule has 21 heavy (non-hydrogen) atoms. The molecule has 0 aliphatic carbocycles. The molecule has 1 aromatic carbocycles. The molecule has 0 aliphatic rings. The molecule has 0 saturated carbocycles. The van der Waals surface area contributed by atoms with Gasteiger partial charge in [0.25, 0.3) is 0 Å². The van der Waals surface area contributed by atoms with Gasteiger partial charge < -0.3 is 15.8 Å². The van der Waals surface area contributed by atoms with Crippen molar-refractivity contribution in [1.29, 1.82) is 0 Å². The Hall–Kier alpha value is -1.20. The van der Waals surface area contributed by atoms with Gasteiger partial charge in [0.05, 0.1) is 18.2 Å². The molecule has 118 valence electrons. The van der Waals surface area contributed by atoms with Crippen LogP contribution in [0.4, 0.5) is 0 Å². The van der Waals surface area contributed by atoms with Crippen LogP contribution in [0.5, 0.6) is 5.75 Å². The van der Waals surface area contributed by atoms with Crippen LogP contribution in [0.3, 0.4) is 0 Å². The molecular weight excluding hydrogens is 284 g/mol. The first kappa shape index (κ1) is 17.9. The Kier molecular flexibility index (Phi) is 7.61. The Bertz CT molecular complexity index is 452. The number of carbonyl (C=O) groups is 1. The molecule has 0 aliphatic heterocycles. The Labute approximate surface area is 131 Å². The van der Waals surface area contributed by atoms with Gasteiger partial charge in [-0.3, -0.25) is 4.79 Å². The smallest absolute Gasteiger partial charge is 0.237 e. The summed E-state index contributed by atoms with van der Waals surface area (Å²) < 4.78 is 5.67. The van der Waals surface area contributed by atoms with Gasteiger partial charge in [0.15, 0.2) is 0 Å². The van der Waals surface area contributed by atoms with Gasteiger partial charge in [-0.1, -0.05) is 12.1 Å². The summed E-state index contributed by atoms with van der Waals surface area (Å²) in [4.78, 5) is 12.0. The maximum absolute atomic E-state index is 12.0. The molecule has 0 radical (unpaired) electrons. The molecule has 0 saturated heterocycles. The average Bonchev–Trinajstić information content (AvgIpc) is 2.44. The van der Waals surface area contributed by atoms with E-state index in [0.29, 0.717) is 6.42 Å². The van der Waals surface area contributed by atoms with Crippen LogP contribution >= 0.6 is 11.8 Å². The minimum absolute atomic E-state index is 0.0893. The van der Waals surface area contributed by atoms with Crippen LogP contribution in [0.25, 0.3) is 0 Å². The molecule has 1 amide bonds. The van der Waals surface area contributed by atoms with Crippen molar-refractivity contribution in [1.82, 2.24) is 5.32 Å². The first-order valence-corrected chi connectivity index (χ1v) is 8.65. The molecule has 5 heteroatoms. The van der Waals surface area contributed by atoms with Gasteiger partial charge in [-0.15, -0.1) is 0 Å². The molecule has 0 bridgehead atoms. The van der Waals surface area contributed by atoms with Crippen molar-refractivity contribution in [2.45, 2.75) is 45.4 Å². The zero-order chi connectivity index (χ0) is 15.8. The average molecular weight is 310 g/mol. The lowest BCUT2D eigenvalue weighted by atomic mass is 10.1. The molecule has 0 spiro atoms. The SMILES string of the molecule is CSCC[C@H](N)C(=O)NC(C)c1cccc(OC(C)C)c1. The van der Waals surface area contributed by atoms with E-state index in [0.717, 1.165) is 17.1 Å². The first-order chi connectivity index (χ1) is 9.93. The highest BCUT2D eigenvalue weighted by Gasteiger charge is 2.16. The van der Waals surface area contributed by atoms with E-state index in [1.807, 2.05) is 51.3 Å². The summed E-state index contributed by atoms with van der Waals surface area (Å²) in [7, 11) is 0. The summed E-state index contributed by atoms with van der Waals surface area (Å²) in [6, 6.07) is 7.25. The molecular formula is C16H26N2O2S. The second-order valence-corrected chi connectivity index (χ2v) is 6.34. The fourth-order valence-corrected chi connectivity index (χ4v) is 2.40. The summed E-state index contributed by atoms with van der Waals surface area (Å²) in [6.07, 6.45) is 2.83. The van der Waals surface area contributed by atoms with Gasteiger partial charge in [-0.25, -0.2) is 0 Å². The van der Waals surface area contributed by atoms with Crippen molar-refractivity contribution in [3.05, 3.63) is 29.8 Å². The van der Waals surface area contributed by atoms with Crippen LogP contribution in [-0.4, -0.2) is 30.1 Å². The third-order valence-corrected chi connectivity index (χ3v) is 3.70. The molecule has 1 unspecified atom stereocenters. The van der Waals surface area contributed by atoms with E-state index in [-0.39, 0.29) is 18.1 Å². The summed E-state index contributed by atoms with van der Waals surface area (Å²) in [5.74, 6) is 1.60.